The second kappa shape index (κ2) is 5.04. The van der Waals surface area contributed by atoms with Crippen LogP contribution in [0.25, 0.3) is 11.3 Å². The number of rotatable bonds is 4. The van der Waals surface area contributed by atoms with Crippen molar-refractivity contribution >= 4 is 5.97 Å². The first-order chi connectivity index (χ1) is 8.60. The molecule has 2 aromatic rings. The van der Waals surface area contributed by atoms with Crippen LogP contribution >= 0.6 is 0 Å². The molecule has 18 heavy (non-hydrogen) atoms. The molecule has 0 bridgehead atoms. The molecule has 4 heteroatoms. The molecular weight excluding hydrogens is 228 g/mol. The van der Waals surface area contributed by atoms with E-state index in [1.165, 1.54) is 5.56 Å². The van der Waals surface area contributed by atoms with Crippen LogP contribution < -0.4 is 0 Å². The van der Waals surface area contributed by atoms with Gasteiger partial charge in [-0.15, -0.1) is 0 Å². The van der Waals surface area contributed by atoms with Gasteiger partial charge in [0.05, 0.1) is 5.69 Å². The van der Waals surface area contributed by atoms with Gasteiger partial charge in [0.15, 0.2) is 0 Å². The van der Waals surface area contributed by atoms with Crippen LogP contribution in [0.3, 0.4) is 0 Å². The summed E-state index contributed by atoms with van der Waals surface area (Å²) in [6.45, 7) is 3.93. The normalized spacial score (nSPS) is 10.6. The zero-order valence-corrected chi connectivity index (χ0v) is 10.6. The van der Waals surface area contributed by atoms with E-state index >= 15 is 0 Å². The molecule has 0 unspecified atom stereocenters. The van der Waals surface area contributed by atoms with E-state index in [2.05, 4.69) is 5.10 Å². The Bertz CT molecular complexity index is 573. The molecule has 0 aliphatic rings. The van der Waals surface area contributed by atoms with Crippen molar-refractivity contribution in [3.63, 3.8) is 0 Å². The lowest BCUT2D eigenvalue weighted by Gasteiger charge is -2.01. The lowest BCUT2D eigenvalue weighted by Crippen LogP contribution is -2.12. The zero-order valence-electron chi connectivity index (χ0n) is 10.6. The Morgan fingerprint density at radius 1 is 1.39 bits per heavy atom. The monoisotopic (exact) mass is 244 g/mol. The molecule has 0 fully saturated rings. The molecule has 0 saturated heterocycles. The largest absolute Gasteiger partial charge is 0.480 e. The van der Waals surface area contributed by atoms with Crippen LogP contribution in [0.1, 0.15) is 18.2 Å². The summed E-state index contributed by atoms with van der Waals surface area (Å²) in [7, 11) is 0. The number of hydrogen-bond acceptors (Lipinski definition) is 2. The standard InChI is InChI=1S/C14H16N2O2/c1-3-12-8-13(15-16(12)9-14(17)18)11-6-4-5-10(2)7-11/h4-8H,3,9H2,1-2H3,(H,17,18). The maximum absolute atomic E-state index is 10.8. The van der Waals surface area contributed by atoms with Crippen molar-refractivity contribution in [3.05, 3.63) is 41.6 Å². The number of aromatic nitrogens is 2. The van der Waals surface area contributed by atoms with E-state index in [9.17, 15) is 4.79 Å². The van der Waals surface area contributed by atoms with Crippen molar-refractivity contribution in [2.45, 2.75) is 26.8 Å². The molecule has 1 N–H and O–H groups in total. The fraction of sp³-hybridized carbons (Fsp3) is 0.286. The van der Waals surface area contributed by atoms with Gasteiger partial charge in [-0.1, -0.05) is 30.7 Å². The van der Waals surface area contributed by atoms with E-state index < -0.39 is 5.97 Å². The summed E-state index contributed by atoms with van der Waals surface area (Å²) < 4.78 is 1.56. The third-order valence-electron chi connectivity index (χ3n) is 2.82. The Kier molecular flexibility index (Phi) is 3.46. The zero-order chi connectivity index (χ0) is 13.1. The summed E-state index contributed by atoms with van der Waals surface area (Å²) >= 11 is 0. The second-order valence-corrected chi connectivity index (χ2v) is 4.30. The highest BCUT2D eigenvalue weighted by Crippen LogP contribution is 2.20. The van der Waals surface area contributed by atoms with Gasteiger partial charge in [-0.2, -0.15) is 5.10 Å². The summed E-state index contributed by atoms with van der Waals surface area (Å²) in [5.74, 6) is -0.872. The van der Waals surface area contributed by atoms with E-state index in [-0.39, 0.29) is 6.54 Å². The average Bonchev–Trinajstić information content (AvgIpc) is 2.71. The van der Waals surface area contributed by atoms with Gasteiger partial charge in [0.2, 0.25) is 0 Å². The first-order valence-electron chi connectivity index (χ1n) is 5.95. The number of nitrogens with zero attached hydrogens (tertiary/aromatic N) is 2. The fourth-order valence-corrected chi connectivity index (χ4v) is 1.95. The number of carboxylic acids is 1. The molecule has 0 aliphatic carbocycles. The molecule has 0 spiro atoms. The smallest absolute Gasteiger partial charge is 0.325 e. The summed E-state index contributed by atoms with van der Waals surface area (Å²) in [5, 5.41) is 13.2. The third-order valence-corrected chi connectivity index (χ3v) is 2.82. The van der Waals surface area contributed by atoms with Gasteiger partial charge in [-0.05, 0) is 25.5 Å². The molecule has 94 valence electrons. The predicted molar refractivity (Wildman–Crippen MR) is 69.4 cm³/mol. The number of carboxylic acid groups (broad SMARTS) is 1. The molecule has 1 aromatic carbocycles. The van der Waals surface area contributed by atoms with Gasteiger partial charge in [0, 0.05) is 11.3 Å². The van der Waals surface area contributed by atoms with Crippen molar-refractivity contribution in [3.8, 4) is 11.3 Å². The maximum Gasteiger partial charge on any atom is 0.325 e. The molecule has 0 amide bonds. The van der Waals surface area contributed by atoms with Crippen LogP contribution in [0.4, 0.5) is 0 Å². The van der Waals surface area contributed by atoms with E-state index in [4.69, 9.17) is 5.11 Å². The summed E-state index contributed by atoms with van der Waals surface area (Å²) in [6, 6.07) is 10.00. The highest BCUT2D eigenvalue weighted by atomic mass is 16.4. The predicted octanol–water partition coefficient (Wildman–Crippen LogP) is 2.51. The number of carbonyl (C=O) groups is 1. The topological polar surface area (TPSA) is 55.1 Å². The van der Waals surface area contributed by atoms with Crippen LogP contribution in [0.15, 0.2) is 30.3 Å². The molecular formula is C14H16N2O2. The van der Waals surface area contributed by atoms with Crippen LogP contribution in [0, 0.1) is 6.92 Å². The number of hydrogen-bond donors (Lipinski definition) is 1. The van der Waals surface area contributed by atoms with E-state index in [1.54, 1.807) is 4.68 Å². The molecule has 1 aromatic heterocycles. The Balaban J connectivity index is 2.40. The van der Waals surface area contributed by atoms with Crippen molar-refractivity contribution in [1.29, 1.82) is 0 Å². The molecule has 4 nitrogen and oxygen atoms in total. The molecule has 1 heterocycles. The first-order valence-corrected chi connectivity index (χ1v) is 5.95. The quantitative estimate of drug-likeness (QED) is 0.899. The Hall–Kier alpha value is -2.10. The Morgan fingerprint density at radius 3 is 2.78 bits per heavy atom. The third kappa shape index (κ3) is 2.59. The molecule has 0 saturated carbocycles. The molecule has 0 atom stereocenters. The van der Waals surface area contributed by atoms with E-state index in [0.29, 0.717) is 0 Å². The van der Waals surface area contributed by atoms with Gasteiger partial charge >= 0.3 is 5.97 Å². The molecule has 0 radical (unpaired) electrons. The Morgan fingerprint density at radius 2 is 2.17 bits per heavy atom. The van der Waals surface area contributed by atoms with Crippen LogP contribution in [-0.2, 0) is 17.8 Å². The number of aryl methyl sites for hydroxylation is 2. The highest BCUT2D eigenvalue weighted by Gasteiger charge is 2.10. The van der Waals surface area contributed by atoms with Crippen molar-refractivity contribution in [2.24, 2.45) is 0 Å². The highest BCUT2D eigenvalue weighted by molar-refractivity contribution is 5.67. The van der Waals surface area contributed by atoms with Gasteiger partial charge in [0.1, 0.15) is 6.54 Å². The second-order valence-electron chi connectivity index (χ2n) is 4.30. The molecule has 0 aliphatic heterocycles. The van der Waals surface area contributed by atoms with E-state index in [0.717, 1.165) is 23.4 Å². The number of benzene rings is 1. The minimum atomic E-state index is -0.872. The SMILES string of the molecule is CCc1cc(-c2cccc(C)c2)nn1CC(=O)O. The lowest BCUT2D eigenvalue weighted by molar-refractivity contribution is -0.137. The summed E-state index contributed by atoms with van der Waals surface area (Å²) in [5.41, 5.74) is 3.96. The van der Waals surface area contributed by atoms with Gasteiger partial charge in [-0.25, -0.2) is 0 Å². The van der Waals surface area contributed by atoms with Crippen molar-refractivity contribution < 1.29 is 9.90 Å². The van der Waals surface area contributed by atoms with Gasteiger partial charge in [0.25, 0.3) is 0 Å². The van der Waals surface area contributed by atoms with Crippen LogP contribution in [0.2, 0.25) is 0 Å². The van der Waals surface area contributed by atoms with Gasteiger partial charge < -0.3 is 5.11 Å². The molecule has 2 rings (SSSR count). The van der Waals surface area contributed by atoms with Crippen LogP contribution in [-0.4, -0.2) is 20.9 Å². The summed E-state index contributed by atoms with van der Waals surface area (Å²) in [4.78, 5) is 10.8. The van der Waals surface area contributed by atoms with E-state index in [1.807, 2.05) is 44.2 Å². The van der Waals surface area contributed by atoms with Gasteiger partial charge in [-0.3, -0.25) is 9.48 Å². The summed E-state index contributed by atoms with van der Waals surface area (Å²) in [6.07, 6.45) is 0.770. The fourth-order valence-electron chi connectivity index (χ4n) is 1.95. The Labute approximate surface area is 106 Å². The average molecular weight is 244 g/mol. The lowest BCUT2D eigenvalue weighted by atomic mass is 10.1. The van der Waals surface area contributed by atoms with Crippen molar-refractivity contribution in [1.82, 2.24) is 9.78 Å². The minimum Gasteiger partial charge on any atom is -0.480 e. The first kappa shape index (κ1) is 12.4. The maximum atomic E-state index is 10.8. The minimum absolute atomic E-state index is 0.0883. The number of aliphatic carboxylic acids is 1. The van der Waals surface area contributed by atoms with Crippen molar-refractivity contribution in [2.75, 3.05) is 0 Å². The van der Waals surface area contributed by atoms with Crippen LogP contribution in [0.5, 0.6) is 0 Å².